The Labute approximate surface area is 116 Å². The number of hydrogen-bond acceptors (Lipinski definition) is 5. The lowest BCUT2D eigenvalue weighted by atomic mass is 10.1. The predicted octanol–water partition coefficient (Wildman–Crippen LogP) is 2.50. The zero-order chi connectivity index (χ0) is 13.0. The number of aryl methyl sites for hydroxylation is 1. The first-order valence-electron chi connectivity index (χ1n) is 6.00. The lowest BCUT2D eigenvalue weighted by Gasteiger charge is -2.18. The van der Waals surface area contributed by atoms with Crippen LogP contribution in [0, 0.1) is 0 Å². The second-order valence-electron chi connectivity index (χ2n) is 3.91. The summed E-state index contributed by atoms with van der Waals surface area (Å²) < 4.78 is 10.3. The van der Waals surface area contributed by atoms with Crippen LogP contribution in [-0.4, -0.2) is 25.1 Å². The molecule has 1 unspecified atom stereocenters. The van der Waals surface area contributed by atoms with Crippen LogP contribution in [0.1, 0.15) is 37.7 Å². The predicted molar refractivity (Wildman–Crippen MR) is 73.0 cm³/mol. The van der Waals surface area contributed by atoms with Crippen LogP contribution in [0.5, 0.6) is 0 Å². The van der Waals surface area contributed by atoms with E-state index >= 15 is 0 Å². The van der Waals surface area contributed by atoms with E-state index < -0.39 is 0 Å². The third kappa shape index (κ3) is 2.71. The minimum absolute atomic E-state index is 0.0429. The Balaban J connectivity index is 2.36. The quantitative estimate of drug-likeness (QED) is 0.886. The van der Waals surface area contributed by atoms with Gasteiger partial charge in [-0.15, -0.1) is 0 Å². The number of rotatable bonds is 6. The molecule has 2 heterocycles. The maximum atomic E-state index is 6.25. The van der Waals surface area contributed by atoms with E-state index in [2.05, 4.69) is 26.1 Å². The van der Waals surface area contributed by atoms with Gasteiger partial charge >= 0.3 is 0 Å². The van der Waals surface area contributed by atoms with Crippen molar-refractivity contribution in [1.82, 2.24) is 23.8 Å². The maximum absolute atomic E-state index is 6.25. The maximum Gasteiger partial charge on any atom is 0.0974 e. The van der Waals surface area contributed by atoms with Gasteiger partial charge < -0.3 is 5.32 Å². The Morgan fingerprint density at radius 2 is 2.28 bits per heavy atom. The van der Waals surface area contributed by atoms with Crippen LogP contribution >= 0.6 is 23.3 Å². The average Bonchev–Trinajstić information content (AvgIpc) is 3.01. The summed E-state index contributed by atoms with van der Waals surface area (Å²) in [5, 5.41) is 8.39. The van der Waals surface area contributed by atoms with Crippen molar-refractivity contribution in [3.05, 3.63) is 28.8 Å². The molecule has 5 nitrogen and oxygen atoms in total. The first-order chi connectivity index (χ1) is 8.77. The third-order valence-corrected chi connectivity index (χ3v) is 3.46. The molecule has 0 aromatic carbocycles. The van der Waals surface area contributed by atoms with Crippen molar-refractivity contribution < 1.29 is 0 Å². The smallest absolute Gasteiger partial charge is 0.0974 e. The molecule has 18 heavy (non-hydrogen) atoms. The second kappa shape index (κ2) is 6.26. The van der Waals surface area contributed by atoms with Crippen LogP contribution in [0.25, 0.3) is 0 Å². The Kier molecular flexibility index (Phi) is 4.68. The third-order valence-electron chi connectivity index (χ3n) is 2.68. The molecule has 0 fully saturated rings. The van der Waals surface area contributed by atoms with Crippen LogP contribution in [0.4, 0.5) is 0 Å². The first kappa shape index (κ1) is 13.5. The van der Waals surface area contributed by atoms with Crippen LogP contribution in [0.2, 0.25) is 5.02 Å². The zero-order valence-corrected chi connectivity index (χ0v) is 12.0. The number of hydrogen-bond donors (Lipinski definition) is 1. The highest BCUT2D eigenvalue weighted by Gasteiger charge is 2.23. The SMILES string of the molecule is CCCNC(c1cnsn1)c1c(Cl)cnn1CC. The van der Waals surface area contributed by atoms with E-state index in [0.717, 1.165) is 30.9 Å². The summed E-state index contributed by atoms with van der Waals surface area (Å²) in [6.07, 6.45) is 4.51. The number of nitrogens with zero attached hydrogens (tertiary/aromatic N) is 4. The fourth-order valence-electron chi connectivity index (χ4n) is 1.84. The molecule has 2 aromatic rings. The summed E-state index contributed by atoms with van der Waals surface area (Å²) >= 11 is 7.45. The molecule has 0 saturated carbocycles. The summed E-state index contributed by atoms with van der Waals surface area (Å²) in [5.41, 5.74) is 1.85. The summed E-state index contributed by atoms with van der Waals surface area (Å²) in [6.45, 7) is 5.85. The van der Waals surface area contributed by atoms with Gasteiger partial charge in [0, 0.05) is 6.54 Å². The molecule has 0 aliphatic rings. The van der Waals surface area contributed by atoms with Gasteiger partial charge in [-0.05, 0) is 19.9 Å². The largest absolute Gasteiger partial charge is 0.304 e. The molecule has 2 aromatic heterocycles. The number of halogens is 1. The van der Waals surface area contributed by atoms with Crippen molar-refractivity contribution >= 4 is 23.3 Å². The van der Waals surface area contributed by atoms with Gasteiger partial charge in [-0.1, -0.05) is 18.5 Å². The lowest BCUT2D eigenvalue weighted by Crippen LogP contribution is -2.26. The summed E-state index contributed by atoms with van der Waals surface area (Å²) in [6, 6.07) is -0.0429. The zero-order valence-electron chi connectivity index (χ0n) is 10.4. The standard InChI is InChI=1S/C11H16ClN5S/c1-3-5-13-10(9-7-15-18-16-9)11-8(12)6-14-17(11)4-2/h6-7,10,13H,3-5H2,1-2H3. The van der Waals surface area contributed by atoms with Gasteiger partial charge in [0.15, 0.2) is 0 Å². The Hall–Kier alpha value is -0.980. The monoisotopic (exact) mass is 285 g/mol. The van der Waals surface area contributed by atoms with Crippen molar-refractivity contribution in [1.29, 1.82) is 0 Å². The van der Waals surface area contributed by atoms with Gasteiger partial charge in [-0.2, -0.15) is 13.8 Å². The molecule has 98 valence electrons. The van der Waals surface area contributed by atoms with E-state index in [0.29, 0.717) is 5.02 Å². The van der Waals surface area contributed by atoms with Gasteiger partial charge in [0.1, 0.15) is 0 Å². The summed E-state index contributed by atoms with van der Waals surface area (Å²) in [5.74, 6) is 0. The molecular formula is C11H16ClN5S. The van der Waals surface area contributed by atoms with Crippen molar-refractivity contribution in [2.75, 3.05) is 6.54 Å². The molecular weight excluding hydrogens is 270 g/mol. The highest BCUT2D eigenvalue weighted by molar-refractivity contribution is 6.99. The highest BCUT2D eigenvalue weighted by Crippen LogP contribution is 2.27. The molecule has 0 saturated heterocycles. The molecule has 0 aliphatic carbocycles. The molecule has 0 aliphatic heterocycles. The van der Waals surface area contributed by atoms with E-state index in [-0.39, 0.29) is 6.04 Å². The van der Waals surface area contributed by atoms with E-state index in [9.17, 15) is 0 Å². The topological polar surface area (TPSA) is 55.6 Å². The van der Waals surface area contributed by atoms with Crippen LogP contribution in [-0.2, 0) is 6.54 Å². The van der Waals surface area contributed by atoms with E-state index in [1.807, 2.05) is 11.6 Å². The Morgan fingerprint density at radius 3 is 2.89 bits per heavy atom. The van der Waals surface area contributed by atoms with E-state index in [1.54, 1.807) is 12.4 Å². The highest BCUT2D eigenvalue weighted by atomic mass is 35.5. The van der Waals surface area contributed by atoms with Gasteiger partial charge in [0.25, 0.3) is 0 Å². The molecule has 0 radical (unpaired) electrons. The molecule has 7 heteroatoms. The lowest BCUT2D eigenvalue weighted by molar-refractivity contribution is 0.524. The molecule has 1 N–H and O–H groups in total. The van der Waals surface area contributed by atoms with Crippen molar-refractivity contribution in [3.8, 4) is 0 Å². The van der Waals surface area contributed by atoms with Gasteiger partial charge in [0.05, 0.1) is 46.6 Å². The molecule has 1 atom stereocenters. The van der Waals surface area contributed by atoms with E-state index in [1.165, 1.54) is 11.7 Å². The van der Waals surface area contributed by atoms with Crippen molar-refractivity contribution in [3.63, 3.8) is 0 Å². The van der Waals surface area contributed by atoms with Crippen molar-refractivity contribution in [2.24, 2.45) is 0 Å². The molecule has 0 amide bonds. The van der Waals surface area contributed by atoms with Crippen LogP contribution in [0.15, 0.2) is 12.4 Å². The normalized spacial score (nSPS) is 12.8. The van der Waals surface area contributed by atoms with Gasteiger partial charge in [-0.3, -0.25) is 4.68 Å². The minimum atomic E-state index is -0.0429. The van der Waals surface area contributed by atoms with Crippen molar-refractivity contribution in [2.45, 2.75) is 32.9 Å². The van der Waals surface area contributed by atoms with Gasteiger partial charge in [0.2, 0.25) is 0 Å². The van der Waals surface area contributed by atoms with Gasteiger partial charge in [-0.25, -0.2) is 0 Å². The Morgan fingerprint density at radius 1 is 1.44 bits per heavy atom. The second-order valence-corrected chi connectivity index (χ2v) is 4.88. The summed E-state index contributed by atoms with van der Waals surface area (Å²) in [4.78, 5) is 0. The molecule has 0 spiro atoms. The Bertz CT molecular complexity index is 482. The minimum Gasteiger partial charge on any atom is -0.304 e. The van der Waals surface area contributed by atoms with E-state index in [4.69, 9.17) is 11.6 Å². The fraction of sp³-hybridized carbons (Fsp3) is 0.545. The number of aromatic nitrogens is 4. The van der Waals surface area contributed by atoms with Crippen LogP contribution < -0.4 is 5.32 Å². The number of nitrogens with one attached hydrogen (secondary N) is 1. The first-order valence-corrected chi connectivity index (χ1v) is 7.10. The van der Waals surface area contributed by atoms with Crippen LogP contribution in [0.3, 0.4) is 0 Å². The average molecular weight is 286 g/mol. The fourth-order valence-corrected chi connectivity index (χ4v) is 2.54. The summed E-state index contributed by atoms with van der Waals surface area (Å²) in [7, 11) is 0. The molecule has 2 rings (SSSR count). The molecule has 0 bridgehead atoms.